The third-order valence-corrected chi connectivity index (χ3v) is 8.22. The predicted octanol–water partition coefficient (Wildman–Crippen LogP) is 4.27. The van der Waals surface area contributed by atoms with Crippen LogP contribution < -0.4 is 10.9 Å². The number of carbonyl (C=O) groups excluding carboxylic acids is 1. The van der Waals surface area contributed by atoms with Gasteiger partial charge in [-0.15, -0.1) is 11.3 Å². The molecule has 0 spiro atoms. The van der Waals surface area contributed by atoms with Gasteiger partial charge < -0.3 is 10.2 Å². The van der Waals surface area contributed by atoms with Gasteiger partial charge in [0.1, 0.15) is 4.83 Å². The zero-order valence-corrected chi connectivity index (χ0v) is 21.5. The molecule has 5 rings (SSSR count). The third-order valence-electron chi connectivity index (χ3n) is 6.17. The first kappa shape index (κ1) is 23.8. The van der Waals surface area contributed by atoms with Crippen molar-refractivity contribution in [3.8, 4) is 5.69 Å². The van der Waals surface area contributed by atoms with Crippen LogP contribution in [0, 0.1) is 0 Å². The van der Waals surface area contributed by atoms with Gasteiger partial charge in [-0.2, -0.15) is 0 Å². The molecule has 1 aliphatic heterocycles. The molecular weight excluding hydrogens is 476 g/mol. The van der Waals surface area contributed by atoms with Crippen molar-refractivity contribution in [2.45, 2.75) is 37.5 Å². The fraction of sp³-hybridized carbons (Fsp3) is 0.296. The topological polar surface area (TPSA) is 67.2 Å². The summed E-state index contributed by atoms with van der Waals surface area (Å²) in [5, 5.41) is 4.35. The first-order valence-corrected chi connectivity index (χ1v) is 13.6. The number of fused-ring (bicyclic) bond motifs is 3. The van der Waals surface area contributed by atoms with Crippen LogP contribution in [0.25, 0.3) is 15.9 Å². The van der Waals surface area contributed by atoms with Crippen molar-refractivity contribution in [2.24, 2.45) is 0 Å². The number of thioether (sulfide) groups is 1. The van der Waals surface area contributed by atoms with E-state index in [2.05, 4.69) is 29.4 Å². The minimum atomic E-state index is -0.0699. The van der Waals surface area contributed by atoms with Gasteiger partial charge in [-0.1, -0.05) is 60.3 Å². The standard InChI is InChI=1S/C27H28N4O2S2/c1-18(15-19-9-5-3-6-10-19)28-23(32)17-34-27-29-25-24(21-13-14-30(2)16-22(21)35-25)26(33)31(27)20-11-7-4-8-12-20/h3-12,18H,13-17H2,1-2H3,(H,28,32). The fourth-order valence-electron chi connectivity index (χ4n) is 4.52. The van der Waals surface area contributed by atoms with Gasteiger partial charge in [-0.05, 0) is 50.1 Å². The molecule has 4 aromatic rings. The van der Waals surface area contributed by atoms with Crippen LogP contribution in [0.2, 0.25) is 0 Å². The van der Waals surface area contributed by atoms with Crippen LogP contribution >= 0.6 is 23.1 Å². The maximum Gasteiger partial charge on any atom is 0.267 e. The molecule has 1 N–H and O–H groups in total. The number of thiophene rings is 1. The van der Waals surface area contributed by atoms with E-state index in [0.717, 1.165) is 47.4 Å². The van der Waals surface area contributed by atoms with E-state index in [1.807, 2.05) is 55.5 Å². The lowest BCUT2D eigenvalue weighted by Gasteiger charge is -2.21. The van der Waals surface area contributed by atoms with Crippen LogP contribution in [0.3, 0.4) is 0 Å². The molecule has 6 nitrogen and oxygen atoms in total. The smallest absolute Gasteiger partial charge is 0.267 e. The summed E-state index contributed by atoms with van der Waals surface area (Å²) in [4.78, 5) is 35.7. The zero-order chi connectivity index (χ0) is 24.4. The van der Waals surface area contributed by atoms with Crippen molar-refractivity contribution >= 4 is 39.2 Å². The highest BCUT2D eigenvalue weighted by Gasteiger charge is 2.24. The van der Waals surface area contributed by atoms with Crippen LogP contribution in [0.15, 0.2) is 70.6 Å². The summed E-state index contributed by atoms with van der Waals surface area (Å²) in [6.45, 7) is 3.78. The highest BCUT2D eigenvalue weighted by Crippen LogP contribution is 2.33. The second-order valence-electron chi connectivity index (χ2n) is 8.99. The van der Waals surface area contributed by atoms with Gasteiger partial charge in [0.25, 0.3) is 5.56 Å². The van der Waals surface area contributed by atoms with Crippen molar-refractivity contribution in [1.82, 2.24) is 19.8 Å². The van der Waals surface area contributed by atoms with E-state index < -0.39 is 0 Å². The van der Waals surface area contributed by atoms with E-state index in [0.29, 0.717) is 5.16 Å². The average Bonchev–Trinajstić information content (AvgIpc) is 3.21. The molecular formula is C27H28N4O2S2. The Balaban J connectivity index is 1.42. The maximum absolute atomic E-state index is 13.8. The van der Waals surface area contributed by atoms with Crippen LogP contribution in [-0.2, 0) is 24.2 Å². The highest BCUT2D eigenvalue weighted by molar-refractivity contribution is 7.99. The van der Waals surface area contributed by atoms with E-state index in [1.54, 1.807) is 15.9 Å². The molecule has 2 aromatic carbocycles. The molecule has 3 heterocycles. The van der Waals surface area contributed by atoms with Crippen molar-refractivity contribution < 1.29 is 4.79 Å². The summed E-state index contributed by atoms with van der Waals surface area (Å²) in [5.41, 5.74) is 3.03. The number of amides is 1. The lowest BCUT2D eigenvalue weighted by molar-refractivity contribution is -0.119. The summed E-state index contributed by atoms with van der Waals surface area (Å²) < 4.78 is 1.67. The van der Waals surface area contributed by atoms with Gasteiger partial charge in [0.05, 0.1) is 16.8 Å². The Morgan fingerprint density at radius 2 is 1.86 bits per heavy atom. The fourth-order valence-corrected chi connectivity index (χ4v) is 6.68. The molecule has 1 amide bonds. The number of nitrogens with one attached hydrogen (secondary N) is 1. The van der Waals surface area contributed by atoms with Gasteiger partial charge in [0, 0.05) is 24.0 Å². The Morgan fingerprint density at radius 3 is 2.60 bits per heavy atom. The number of hydrogen-bond acceptors (Lipinski definition) is 6. The molecule has 0 radical (unpaired) electrons. The Bertz CT molecular complexity index is 1400. The van der Waals surface area contributed by atoms with E-state index >= 15 is 0 Å². The van der Waals surface area contributed by atoms with Crippen molar-refractivity contribution in [3.63, 3.8) is 0 Å². The molecule has 8 heteroatoms. The molecule has 0 fully saturated rings. The monoisotopic (exact) mass is 504 g/mol. The van der Waals surface area contributed by atoms with Gasteiger partial charge in [-0.3, -0.25) is 14.2 Å². The first-order valence-electron chi connectivity index (χ1n) is 11.8. The second kappa shape index (κ2) is 10.4. The number of hydrogen-bond donors (Lipinski definition) is 1. The minimum Gasteiger partial charge on any atom is -0.353 e. The molecule has 0 bridgehead atoms. The summed E-state index contributed by atoms with van der Waals surface area (Å²) in [6.07, 6.45) is 1.62. The van der Waals surface area contributed by atoms with Crippen molar-refractivity contribution in [2.75, 3.05) is 19.3 Å². The highest BCUT2D eigenvalue weighted by atomic mass is 32.2. The summed E-state index contributed by atoms with van der Waals surface area (Å²) >= 11 is 2.91. The lowest BCUT2D eigenvalue weighted by Crippen LogP contribution is -2.35. The summed E-state index contributed by atoms with van der Waals surface area (Å²) in [6, 6.07) is 19.7. The lowest BCUT2D eigenvalue weighted by atomic mass is 10.1. The molecule has 1 aliphatic rings. The first-order chi connectivity index (χ1) is 17.0. The Morgan fingerprint density at radius 1 is 1.14 bits per heavy atom. The molecule has 0 saturated heterocycles. The molecule has 1 unspecified atom stereocenters. The maximum atomic E-state index is 13.8. The average molecular weight is 505 g/mol. The Labute approximate surface area is 213 Å². The van der Waals surface area contributed by atoms with Gasteiger partial charge in [0.2, 0.25) is 5.91 Å². The second-order valence-corrected chi connectivity index (χ2v) is 11.0. The van der Waals surface area contributed by atoms with Crippen LogP contribution in [0.5, 0.6) is 0 Å². The van der Waals surface area contributed by atoms with Gasteiger partial charge in [-0.25, -0.2) is 4.98 Å². The number of para-hydroxylation sites is 1. The zero-order valence-electron chi connectivity index (χ0n) is 19.9. The predicted molar refractivity (Wildman–Crippen MR) is 144 cm³/mol. The van der Waals surface area contributed by atoms with Crippen LogP contribution in [0.1, 0.15) is 22.9 Å². The quantitative estimate of drug-likeness (QED) is 0.301. The molecule has 35 heavy (non-hydrogen) atoms. The van der Waals surface area contributed by atoms with Crippen LogP contribution in [-0.4, -0.2) is 45.7 Å². The summed E-state index contributed by atoms with van der Waals surface area (Å²) in [7, 11) is 2.10. The van der Waals surface area contributed by atoms with E-state index in [1.165, 1.54) is 22.2 Å². The molecule has 180 valence electrons. The number of benzene rings is 2. The summed E-state index contributed by atoms with van der Waals surface area (Å²) in [5.74, 6) is 0.122. The SMILES string of the molecule is CC(Cc1ccccc1)NC(=O)CSc1nc2sc3c(c2c(=O)n1-c1ccccc1)CCN(C)C3. The molecule has 0 aliphatic carbocycles. The minimum absolute atomic E-state index is 0.0123. The van der Waals surface area contributed by atoms with Gasteiger partial charge in [0.15, 0.2) is 5.16 Å². The molecule has 1 atom stereocenters. The number of aromatic nitrogens is 2. The van der Waals surface area contributed by atoms with E-state index in [9.17, 15) is 9.59 Å². The largest absolute Gasteiger partial charge is 0.353 e. The Hall–Kier alpha value is -2.94. The number of likely N-dealkylation sites (N-methyl/N-ethyl adjacent to an activating group) is 1. The molecule has 2 aromatic heterocycles. The van der Waals surface area contributed by atoms with Crippen molar-refractivity contribution in [3.05, 3.63) is 87.0 Å². The van der Waals surface area contributed by atoms with E-state index in [-0.39, 0.29) is 23.3 Å². The molecule has 0 saturated carbocycles. The normalized spacial score (nSPS) is 14.6. The number of rotatable bonds is 7. The van der Waals surface area contributed by atoms with Gasteiger partial charge >= 0.3 is 0 Å². The van der Waals surface area contributed by atoms with Crippen LogP contribution in [0.4, 0.5) is 0 Å². The third kappa shape index (κ3) is 5.19. The number of nitrogens with zero attached hydrogens (tertiary/aromatic N) is 3. The van der Waals surface area contributed by atoms with Crippen molar-refractivity contribution in [1.29, 1.82) is 0 Å². The number of carbonyl (C=O) groups is 1. The Kier molecular flexibility index (Phi) is 7.04. The van der Waals surface area contributed by atoms with E-state index in [4.69, 9.17) is 4.98 Å².